The van der Waals surface area contributed by atoms with Gasteiger partial charge in [0, 0.05) is 49.1 Å². The fourth-order valence-electron chi connectivity index (χ4n) is 9.16. The van der Waals surface area contributed by atoms with Crippen LogP contribution in [0.25, 0.3) is 10.9 Å². The van der Waals surface area contributed by atoms with Gasteiger partial charge < -0.3 is 84.6 Å². The van der Waals surface area contributed by atoms with E-state index in [9.17, 15) is 68.1 Å². The first kappa shape index (κ1) is 62.9. The van der Waals surface area contributed by atoms with Crippen LogP contribution in [0.3, 0.4) is 0 Å². The molecule has 28 nitrogen and oxygen atoms in total. The van der Waals surface area contributed by atoms with Crippen LogP contribution >= 0.6 is 0 Å². The number of carbonyl (C=O) groups is 11. The van der Waals surface area contributed by atoms with Crippen LogP contribution in [0.15, 0.2) is 67.3 Å². The molecule has 0 bridgehead atoms. The molecule has 0 aliphatic carbocycles. The fraction of sp³-hybridized carbons (Fsp3) is 0.472. The quantitative estimate of drug-likeness (QED) is 0.0245. The number of hydrogen-bond donors (Lipinski definition) is 15. The lowest BCUT2D eigenvalue weighted by molar-refractivity contribution is -0.144. The van der Waals surface area contributed by atoms with Crippen LogP contribution < -0.4 is 54.4 Å². The van der Waals surface area contributed by atoms with Gasteiger partial charge in [-0.25, -0.2) is 9.78 Å². The first-order chi connectivity index (χ1) is 38.3. The number of aliphatic hydroxyl groups excluding tert-OH is 1. The van der Waals surface area contributed by atoms with E-state index in [1.807, 2.05) is 13.8 Å². The van der Waals surface area contributed by atoms with Crippen LogP contribution in [0, 0.1) is 11.8 Å². The molecule has 81 heavy (non-hydrogen) atoms. The Hall–Kier alpha value is -8.92. The van der Waals surface area contributed by atoms with Gasteiger partial charge in [0.05, 0.1) is 37.5 Å². The van der Waals surface area contributed by atoms with Crippen molar-refractivity contribution in [2.24, 2.45) is 29.0 Å². The molecule has 9 atom stereocenters. The van der Waals surface area contributed by atoms with Crippen molar-refractivity contribution < 1.29 is 68.1 Å². The van der Waals surface area contributed by atoms with Gasteiger partial charge in [0.25, 0.3) is 0 Å². The number of amides is 10. The number of phenolic OH excluding ortho intramolecular Hbond substituents is 1. The van der Waals surface area contributed by atoms with Gasteiger partial charge >= 0.3 is 5.97 Å². The van der Waals surface area contributed by atoms with Crippen molar-refractivity contribution in [2.75, 3.05) is 13.2 Å². The third-order valence-electron chi connectivity index (χ3n) is 13.3. The third-order valence-corrected chi connectivity index (χ3v) is 13.3. The number of aromatic amines is 2. The normalized spacial score (nSPS) is 16.1. The molecule has 0 radical (unpaired) electrons. The van der Waals surface area contributed by atoms with E-state index in [-0.39, 0.29) is 56.0 Å². The summed E-state index contributed by atoms with van der Waals surface area (Å²) in [6.07, 6.45) is 2.80. The molecule has 3 heterocycles. The van der Waals surface area contributed by atoms with Crippen LogP contribution in [-0.4, -0.2) is 168 Å². The molecule has 0 saturated carbocycles. The second kappa shape index (κ2) is 29.3. The molecule has 1 fully saturated rings. The van der Waals surface area contributed by atoms with Crippen LogP contribution in [0.5, 0.6) is 5.75 Å². The molecule has 4 aromatic rings. The molecular weight excluding hydrogens is 1060 g/mol. The van der Waals surface area contributed by atoms with Crippen molar-refractivity contribution in [3.05, 3.63) is 84.1 Å². The second-order valence-electron chi connectivity index (χ2n) is 20.6. The Labute approximate surface area is 465 Å². The maximum absolute atomic E-state index is 14.7. The number of para-hydroxylation sites is 1. The topological polar surface area (TPSA) is 458 Å². The van der Waals surface area contributed by atoms with Crippen molar-refractivity contribution in [3.63, 3.8) is 0 Å². The maximum atomic E-state index is 14.7. The van der Waals surface area contributed by atoms with Crippen LogP contribution in [0.1, 0.15) is 76.6 Å². The van der Waals surface area contributed by atoms with Gasteiger partial charge in [-0.2, -0.15) is 0 Å². The molecule has 0 spiro atoms. The standard InChI is InChI=1S/C53H72N14O14/c1-26(2)16-33(54)45(72)60-35(17-28-11-13-31(69)14-12-28)46(73)65-40(24-68)52(79)67-15-7-10-41(67)50(77)63-37(19-30-23-57-25-59-30)48(75)61-36(18-29-22-58-34-9-6-5-8-32(29)34)47(74)62-38(20-42(55)70)49(76)66-44(27(3)4)51(78)64-39(53(80)81)21-43(56)71/h5-6,8-9,11-14,22-23,25-27,33,35-41,44,58,68-69H,7,10,15-21,24,54H2,1-4H3,(H2,55,70)(H2,56,71)(H,57,59)(H,60,72)(H,61,75)(H,62,74)(H,63,77)(H,64,78)(H,65,73)(H,66,76)(H,80,81)/t33-,35-,36-,37-,38-,39-,40-,41-,44-/m0/s1. The Kier molecular flexibility index (Phi) is 22.8. The average molecular weight is 1130 g/mol. The summed E-state index contributed by atoms with van der Waals surface area (Å²) in [6, 6.07) is -0.429. The van der Waals surface area contributed by atoms with E-state index in [1.54, 1.807) is 30.5 Å². The van der Waals surface area contributed by atoms with Crippen LogP contribution in [0.4, 0.5) is 0 Å². The number of carbonyl (C=O) groups excluding carboxylic acids is 10. The molecule has 438 valence electrons. The number of hydrogen-bond acceptors (Lipinski definition) is 15. The number of nitrogens with two attached hydrogens (primary N) is 3. The Balaban J connectivity index is 1.38. The zero-order valence-electron chi connectivity index (χ0n) is 45.2. The molecule has 2 aromatic heterocycles. The molecule has 18 N–H and O–H groups in total. The average Bonchev–Trinajstić information content (AvgIpc) is 4.30. The lowest BCUT2D eigenvalue weighted by Gasteiger charge is -2.30. The first-order valence-electron chi connectivity index (χ1n) is 26.2. The number of aromatic nitrogens is 3. The largest absolute Gasteiger partial charge is 0.508 e. The molecule has 1 aliphatic heterocycles. The third kappa shape index (κ3) is 18.3. The van der Waals surface area contributed by atoms with E-state index in [0.717, 1.165) is 4.90 Å². The smallest absolute Gasteiger partial charge is 0.326 e. The van der Waals surface area contributed by atoms with Crippen molar-refractivity contribution in [1.29, 1.82) is 0 Å². The number of benzene rings is 2. The zero-order valence-corrected chi connectivity index (χ0v) is 45.2. The summed E-state index contributed by atoms with van der Waals surface area (Å²) in [5.41, 5.74) is 18.8. The summed E-state index contributed by atoms with van der Waals surface area (Å²) in [7, 11) is 0. The minimum absolute atomic E-state index is 0.00903. The Bertz CT molecular complexity index is 2890. The number of phenols is 1. The summed E-state index contributed by atoms with van der Waals surface area (Å²) in [4.78, 5) is 159. The highest BCUT2D eigenvalue weighted by Crippen LogP contribution is 2.22. The molecule has 28 heteroatoms. The fourth-order valence-corrected chi connectivity index (χ4v) is 9.16. The minimum Gasteiger partial charge on any atom is -0.508 e. The molecule has 5 rings (SSSR count). The number of carboxylic acids is 1. The lowest BCUT2D eigenvalue weighted by Crippen LogP contribution is -2.61. The SMILES string of the molecule is CC(C)C[C@H](N)C(=O)N[C@@H](Cc1ccc(O)cc1)C(=O)N[C@@H](CO)C(=O)N1CCC[C@H]1C(=O)N[C@@H](Cc1c[nH]cn1)C(=O)N[C@@H](Cc1c[nH]c2ccccc12)C(=O)N[C@@H](CC(N)=O)C(=O)N[C@H](C(=O)N[C@@H](CC(N)=O)C(=O)O)C(C)C. The van der Waals surface area contributed by atoms with Gasteiger partial charge in [-0.1, -0.05) is 58.0 Å². The summed E-state index contributed by atoms with van der Waals surface area (Å²) in [5.74, 6) is -11.7. The maximum Gasteiger partial charge on any atom is 0.326 e. The highest BCUT2D eigenvalue weighted by molar-refractivity contribution is 6.00. The van der Waals surface area contributed by atoms with Gasteiger partial charge in [-0.15, -0.1) is 0 Å². The Morgan fingerprint density at radius 1 is 0.679 bits per heavy atom. The number of aromatic hydroxyl groups is 1. The number of primary amides is 2. The Morgan fingerprint density at radius 3 is 1.84 bits per heavy atom. The molecule has 10 amide bonds. The molecule has 2 aromatic carbocycles. The zero-order chi connectivity index (χ0) is 59.7. The number of imidazole rings is 1. The van der Waals surface area contributed by atoms with E-state index in [4.69, 9.17) is 17.2 Å². The van der Waals surface area contributed by atoms with Gasteiger partial charge in [0.2, 0.25) is 59.1 Å². The second-order valence-corrected chi connectivity index (χ2v) is 20.6. The number of fused-ring (bicyclic) bond motifs is 1. The summed E-state index contributed by atoms with van der Waals surface area (Å²) < 4.78 is 0. The minimum atomic E-state index is -1.79. The number of rotatable bonds is 30. The highest BCUT2D eigenvalue weighted by atomic mass is 16.4. The molecule has 1 aliphatic rings. The first-order valence-corrected chi connectivity index (χ1v) is 26.2. The highest BCUT2D eigenvalue weighted by Gasteiger charge is 2.41. The van der Waals surface area contributed by atoms with E-state index >= 15 is 0 Å². The predicted molar refractivity (Wildman–Crippen MR) is 289 cm³/mol. The number of carboxylic acid groups (broad SMARTS) is 1. The molecule has 1 saturated heterocycles. The van der Waals surface area contributed by atoms with Gasteiger partial charge in [0.15, 0.2) is 0 Å². The molecular formula is C53H72N14O14. The lowest BCUT2D eigenvalue weighted by atomic mass is 10.0. The number of nitrogens with zero attached hydrogens (tertiary/aromatic N) is 2. The van der Waals surface area contributed by atoms with Crippen molar-refractivity contribution >= 4 is 75.9 Å². The van der Waals surface area contributed by atoms with Crippen LogP contribution in [-0.2, 0) is 72.0 Å². The van der Waals surface area contributed by atoms with Crippen molar-refractivity contribution in [3.8, 4) is 5.75 Å². The van der Waals surface area contributed by atoms with Gasteiger partial charge in [0.1, 0.15) is 54.1 Å². The van der Waals surface area contributed by atoms with Crippen molar-refractivity contribution in [2.45, 2.75) is 133 Å². The predicted octanol–water partition coefficient (Wildman–Crippen LogP) is -3.13. The van der Waals surface area contributed by atoms with E-state index in [1.165, 1.54) is 50.6 Å². The summed E-state index contributed by atoms with van der Waals surface area (Å²) in [6.45, 7) is 5.81. The van der Waals surface area contributed by atoms with E-state index < -0.39 is 145 Å². The number of aliphatic carboxylic acids is 1. The monoisotopic (exact) mass is 1130 g/mol. The van der Waals surface area contributed by atoms with Crippen molar-refractivity contribution in [1.82, 2.24) is 57.1 Å². The molecule has 0 unspecified atom stereocenters. The number of likely N-dealkylation sites (tertiary alicyclic amines) is 1. The summed E-state index contributed by atoms with van der Waals surface area (Å²) >= 11 is 0. The number of aliphatic hydroxyl groups is 1. The number of nitrogens with one attached hydrogen (secondary N) is 9. The Morgan fingerprint density at radius 2 is 1.25 bits per heavy atom. The van der Waals surface area contributed by atoms with Gasteiger partial charge in [-0.3, -0.25) is 47.9 Å². The van der Waals surface area contributed by atoms with E-state index in [0.29, 0.717) is 28.5 Å². The number of H-pyrrole nitrogens is 2. The van der Waals surface area contributed by atoms with E-state index in [2.05, 4.69) is 52.2 Å². The van der Waals surface area contributed by atoms with Crippen LogP contribution in [0.2, 0.25) is 0 Å². The van der Waals surface area contributed by atoms with Gasteiger partial charge in [-0.05, 0) is 60.4 Å². The summed E-state index contributed by atoms with van der Waals surface area (Å²) in [5, 5.41) is 48.1.